The molecule has 0 saturated heterocycles. The van der Waals surface area contributed by atoms with E-state index in [1.807, 2.05) is 31.3 Å². The van der Waals surface area contributed by atoms with E-state index < -0.39 is 0 Å². The summed E-state index contributed by atoms with van der Waals surface area (Å²) in [5.74, 6) is 0.750. The van der Waals surface area contributed by atoms with Crippen LogP contribution in [0.5, 0.6) is 0 Å². The van der Waals surface area contributed by atoms with Crippen LogP contribution >= 0.6 is 11.6 Å². The zero-order valence-electron chi connectivity index (χ0n) is 9.85. The van der Waals surface area contributed by atoms with Gasteiger partial charge in [0.2, 0.25) is 0 Å². The fraction of sp³-hybridized carbons (Fsp3) is 0.154. The van der Waals surface area contributed by atoms with Crippen LogP contribution in [0.4, 0.5) is 0 Å². The minimum absolute atomic E-state index is 0.353. The molecule has 0 saturated carbocycles. The lowest BCUT2D eigenvalue weighted by Crippen LogP contribution is -2.04. The van der Waals surface area contributed by atoms with Crippen molar-refractivity contribution in [2.75, 3.05) is 0 Å². The summed E-state index contributed by atoms with van der Waals surface area (Å²) in [5.41, 5.74) is 8.06. The van der Waals surface area contributed by atoms with Gasteiger partial charge in [0.15, 0.2) is 0 Å². The Kier molecular flexibility index (Phi) is 2.61. The van der Waals surface area contributed by atoms with Crippen molar-refractivity contribution in [2.45, 2.75) is 6.54 Å². The molecule has 18 heavy (non-hydrogen) atoms. The maximum atomic E-state index is 6.29. The van der Waals surface area contributed by atoms with Crippen molar-refractivity contribution in [3.8, 4) is 11.3 Å². The molecule has 0 aliphatic carbocycles. The zero-order chi connectivity index (χ0) is 12.7. The van der Waals surface area contributed by atoms with E-state index in [4.69, 9.17) is 21.8 Å². The molecule has 0 bridgehead atoms. The van der Waals surface area contributed by atoms with E-state index in [9.17, 15) is 0 Å². The number of furan rings is 1. The van der Waals surface area contributed by atoms with Crippen molar-refractivity contribution in [3.05, 3.63) is 41.5 Å². The first-order valence-electron chi connectivity index (χ1n) is 5.60. The summed E-state index contributed by atoms with van der Waals surface area (Å²) in [7, 11) is 1.85. The third-order valence-electron chi connectivity index (χ3n) is 3.04. The molecular weight excluding hydrogens is 250 g/mol. The molecule has 0 fully saturated rings. The van der Waals surface area contributed by atoms with Crippen molar-refractivity contribution < 1.29 is 4.42 Å². The molecule has 0 unspecified atom stereocenters. The Hall–Kier alpha value is -1.78. The predicted octanol–water partition coefficient (Wildman–Crippen LogP) is 2.95. The summed E-state index contributed by atoms with van der Waals surface area (Å²) in [4.78, 5) is 4.47. The highest BCUT2D eigenvalue weighted by Crippen LogP contribution is 2.34. The van der Waals surface area contributed by atoms with Crippen LogP contribution in [-0.2, 0) is 13.6 Å². The van der Waals surface area contributed by atoms with Crippen molar-refractivity contribution in [3.63, 3.8) is 0 Å². The number of fused-ring (bicyclic) bond motifs is 1. The van der Waals surface area contributed by atoms with Gasteiger partial charge in [-0.1, -0.05) is 29.8 Å². The summed E-state index contributed by atoms with van der Waals surface area (Å²) < 4.78 is 7.29. The number of benzene rings is 1. The van der Waals surface area contributed by atoms with Gasteiger partial charge in [-0.05, 0) is 6.07 Å². The average molecular weight is 262 g/mol. The second-order valence-corrected chi connectivity index (χ2v) is 4.43. The normalized spacial score (nSPS) is 11.3. The van der Waals surface area contributed by atoms with Gasteiger partial charge in [0, 0.05) is 18.0 Å². The Balaban J connectivity index is 2.26. The second-order valence-electron chi connectivity index (χ2n) is 4.08. The lowest BCUT2D eigenvalue weighted by atomic mass is 10.1. The van der Waals surface area contributed by atoms with Crippen LogP contribution in [0.1, 0.15) is 5.82 Å². The van der Waals surface area contributed by atoms with Crippen LogP contribution in [0.25, 0.3) is 22.2 Å². The smallest absolute Gasteiger partial charge is 0.136 e. The fourth-order valence-corrected chi connectivity index (χ4v) is 2.28. The summed E-state index contributed by atoms with van der Waals surface area (Å²) in [5, 5.41) is 1.57. The van der Waals surface area contributed by atoms with E-state index >= 15 is 0 Å². The Morgan fingerprint density at radius 2 is 2.17 bits per heavy atom. The Morgan fingerprint density at radius 1 is 1.39 bits per heavy atom. The number of aromatic nitrogens is 2. The molecule has 0 atom stereocenters. The molecule has 1 aromatic carbocycles. The monoisotopic (exact) mass is 261 g/mol. The number of nitrogens with two attached hydrogens (primary N) is 1. The van der Waals surface area contributed by atoms with Gasteiger partial charge < -0.3 is 14.7 Å². The highest BCUT2D eigenvalue weighted by molar-refractivity contribution is 6.32. The van der Waals surface area contributed by atoms with Gasteiger partial charge in [-0.3, -0.25) is 0 Å². The molecule has 4 nitrogen and oxygen atoms in total. The average Bonchev–Trinajstić information content (AvgIpc) is 2.93. The van der Waals surface area contributed by atoms with Crippen molar-refractivity contribution in [1.82, 2.24) is 9.55 Å². The van der Waals surface area contributed by atoms with Crippen LogP contribution in [0.15, 0.2) is 34.9 Å². The van der Waals surface area contributed by atoms with E-state index in [0.717, 1.165) is 22.4 Å². The zero-order valence-corrected chi connectivity index (χ0v) is 10.6. The third kappa shape index (κ3) is 1.54. The number of rotatable bonds is 2. The largest absolute Gasteiger partial charge is 0.464 e. The first-order valence-corrected chi connectivity index (χ1v) is 5.98. The van der Waals surface area contributed by atoms with Gasteiger partial charge in [0.05, 0.1) is 6.54 Å². The van der Waals surface area contributed by atoms with Crippen LogP contribution in [-0.4, -0.2) is 9.55 Å². The predicted molar refractivity (Wildman–Crippen MR) is 71.3 cm³/mol. The van der Waals surface area contributed by atoms with Crippen molar-refractivity contribution in [1.29, 1.82) is 0 Å². The molecule has 2 aromatic heterocycles. The van der Waals surface area contributed by atoms with E-state index in [2.05, 4.69) is 4.98 Å². The number of para-hydroxylation sites is 1. The molecule has 0 aliphatic heterocycles. The molecule has 0 radical (unpaired) electrons. The quantitative estimate of drug-likeness (QED) is 0.772. The molecule has 0 spiro atoms. The third-order valence-corrected chi connectivity index (χ3v) is 3.47. The lowest BCUT2D eigenvalue weighted by molar-refractivity contribution is 0.617. The number of halogens is 1. The standard InChI is InChI=1S/C13H12ClN3O/c1-17-11(6-15)16-12(13(17)14)9-7-18-10-5-3-2-4-8(9)10/h2-5,7H,6,15H2,1H3. The Morgan fingerprint density at radius 3 is 2.89 bits per heavy atom. The molecule has 2 heterocycles. The summed E-state index contributed by atoms with van der Waals surface area (Å²) in [6, 6.07) is 7.80. The van der Waals surface area contributed by atoms with Crippen LogP contribution in [0.3, 0.4) is 0 Å². The summed E-state index contributed by atoms with van der Waals surface area (Å²) >= 11 is 6.29. The van der Waals surface area contributed by atoms with Gasteiger partial charge in [-0.2, -0.15) is 0 Å². The SMILES string of the molecule is Cn1c(CN)nc(-c2coc3ccccc23)c1Cl. The summed E-state index contributed by atoms with van der Waals surface area (Å²) in [6.07, 6.45) is 1.68. The Labute approximate surface area is 109 Å². The summed E-state index contributed by atoms with van der Waals surface area (Å²) in [6.45, 7) is 0.353. The van der Waals surface area contributed by atoms with Gasteiger partial charge in [0.25, 0.3) is 0 Å². The maximum absolute atomic E-state index is 6.29. The fourth-order valence-electron chi connectivity index (χ4n) is 2.04. The van der Waals surface area contributed by atoms with E-state index in [-0.39, 0.29) is 0 Å². The first-order chi connectivity index (χ1) is 8.72. The minimum atomic E-state index is 0.353. The highest BCUT2D eigenvalue weighted by Gasteiger charge is 2.17. The minimum Gasteiger partial charge on any atom is -0.464 e. The Bertz CT molecular complexity index is 714. The van der Waals surface area contributed by atoms with E-state index in [1.165, 1.54) is 0 Å². The highest BCUT2D eigenvalue weighted by atomic mass is 35.5. The van der Waals surface area contributed by atoms with Gasteiger partial charge >= 0.3 is 0 Å². The second kappa shape index (κ2) is 4.15. The van der Waals surface area contributed by atoms with Crippen LogP contribution < -0.4 is 5.73 Å². The number of hydrogen-bond donors (Lipinski definition) is 1. The number of hydrogen-bond acceptors (Lipinski definition) is 3. The molecule has 5 heteroatoms. The van der Waals surface area contributed by atoms with Gasteiger partial charge in [0.1, 0.15) is 28.5 Å². The van der Waals surface area contributed by atoms with Crippen LogP contribution in [0.2, 0.25) is 5.15 Å². The van der Waals surface area contributed by atoms with Gasteiger partial charge in [-0.15, -0.1) is 0 Å². The molecule has 2 N–H and O–H groups in total. The molecule has 92 valence electrons. The van der Waals surface area contributed by atoms with E-state index in [1.54, 1.807) is 10.8 Å². The van der Waals surface area contributed by atoms with Crippen LogP contribution in [0, 0.1) is 0 Å². The van der Waals surface area contributed by atoms with E-state index in [0.29, 0.717) is 17.4 Å². The van der Waals surface area contributed by atoms with Gasteiger partial charge in [-0.25, -0.2) is 4.98 Å². The van der Waals surface area contributed by atoms with Crippen molar-refractivity contribution in [2.24, 2.45) is 12.8 Å². The number of imidazole rings is 1. The molecule has 3 aromatic rings. The molecular formula is C13H12ClN3O. The lowest BCUT2D eigenvalue weighted by Gasteiger charge is -1.97. The molecule has 3 rings (SSSR count). The molecule has 0 amide bonds. The topological polar surface area (TPSA) is 57.0 Å². The number of nitrogens with zero attached hydrogens (tertiary/aromatic N) is 2. The molecule has 0 aliphatic rings. The van der Waals surface area contributed by atoms with Crippen molar-refractivity contribution >= 4 is 22.6 Å². The maximum Gasteiger partial charge on any atom is 0.136 e. The first kappa shape index (κ1) is 11.3.